The van der Waals surface area contributed by atoms with Crippen molar-refractivity contribution >= 4 is 11.9 Å². The van der Waals surface area contributed by atoms with Crippen LogP contribution in [0.5, 0.6) is 5.75 Å². The molecule has 0 unspecified atom stereocenters. The van der Waals surface area contributed by atoms with Crippen molar-refractivity contribution in [2.75, 3.05) is 13.2 Å². The number of nitrogens with zero attached hydrogens (tertiary/aromatic N) is 1. The third-order valence-electron chi connectivity index (χ3n) is 6.53. The van der Waals surface area contributed by atoms with E-state index >= 15 is 0 Å². The second-order valence-electron chi connectivity index (χ2n) is 7.75. The van der Waals surface area contributed by atoms with Gasteiger partial charge in [0.1, 0.15) is 5.75 Å². The van der Waals surface area contributed by atoms with Crippen LogP contribution in [0.4, 0.5) is 0 Å². The number of fused-ring (bicyclic) bond motifs is 5. The van der Waals surface area contributed by atoms with E-state index in [2.05, 4.69) is 17.0 Å². The van der Waals surface area contributed by atoms with Crippen LogP contribution < -0.4 is 4.74 Å². The molecule has 0 amide bonds. The van der Waals surface area contributed by atoms with Gasteiger partial charge >= 0.3 is 11.9 Å². The predicted octanol–water partition coefficient (Wildman–Crippen LogP) is 3.46. The summed E-state index contributed by atoms with van der Waals surface area (Å²) in [5, 5.41) is 0. The predicted molar refractivity (Wildman–Crippen MR) is 103 cm³/mol. The summed E-state index contributed by atoms with van der Waals surface area (Å²) in [4.78, 5) is 29.2. The average Bonchev–Trinajstić information content (AvgIpc) is 3.29. The van der Waals surface area contributed by atoms with Crippen LogP contribution in [-0.2, 0) is 14.3 Å². The van der Waals surface area contributed by atoms with Crippen molar-refractivity contribution < 1.29 is 19.1 Å². The van der Waals surface area contributed by atoms with Gasteiger partial charge in [-0.1, -0.05) is 48.5 Å². The summed E-state index contributed by atoms with van der Waals surface area (Å²) >= 11 is 0. The molecule has 0 saturated carbocycles. The van der Waals surface area contributed by atoms with E-state index in [9.17, 15) is 9.59 Å². The maximum atomic E-state index is 13.4. The molecule has 2 aromatic carbocycles. The van der Waals surface area contributed by atoms with Gasteiger partial charge in [-0.05, 0) is 37.9 Å². The highest BCUT2D eigenvalue weighted by atomic mass is 16.6. The van der Waals surface area contributed by atoms with E-state index < -0.39 is 17.4 Å². The maximum Gasteiger partial charge on any atom is 0.331 e. The van der Waals surface area contributed by atoms with Crippen LogP contribution in [0.2, 0.25) is 0 Å². The molecule has 2 fully saturated rings. The van der Waals surface area contributed by atoms with Crippen molar-refractivity contribution in [1.29, 1.82) is 0 Å². The van der Waals surface area contributed by atoms with E-state index in [0.717, 1.165) is 30.5 Å². The molecule has 4 atom stereocenters. The lowest BCUT2D eigenvalue weighted by atomic mass is 9.65. The Balaban J connectivity index is 1.78. The molecule has 2 aromatic rings. The average molecular weight is 377 g/mol. The van der Waals surface area contributed by atoms with Gasteiger partial charge in [0.25, 0.3) is 0 Å². The molecule has 3 aliphatic heterocycles. The number of para-hydroxylation sites is 1. The number of carbonyl (C=O) groups is 2. The number of ether oxygens (including phenoxy) is 2. The zero-order chi connectivity index (χ0) is 19.3. The summed E-state index contributed by atoms with van der Waals surface area (Å²) in [6.07, 6.45) is 1.74. The molecule has 2 saturated heterocycles. The van der Waals surface area contributed by atoms with Gasteiger partial charge in [0.15, 0.2) is 5.41 Å². The van der Waals surface area contributed by atoms with Crippen LogP contribution in [0.3, 0.4) is 0 Å². The third kappa shape index (κ3) is 2.17. The molecule has 0 aliphatic carbocycles. The Bertz CT molecular complexity index is 927. The molecular formula is C23H23NO4. The smallest absolute Gasteiger partial charge is 0.331 e. The summed E-state index contributed by atoms with van der Waals surface area (Å²) in [7, 11) is 0. The minimum atomic E-state index is -1.32. The number of esters is 2. The molecule has 144 valence electrons. The lowest BCUT2D eigenvalue weighted by Gasteiger charge is -2.39. The number of hydrogen-bond acceptors (Lipinski definition) is 5. The Kier molecular flexibility index (Phi) is 4.02. The highest BCUT2D eigenvalue weighted by molar-refractivity contribution is 6.05. The summed E-state index contributed by atoms with van der Waals surface area (Å²) < 4.78 is 11.2. The van der Waals surface area contributed by atoms with E-state index in [0.29, 0.717) is 5.75 Å². The van der Waals surface area contributed by atoms with Crippen molar-refractivity contribution in [2.24, 2.45) is 5.41 Å². The van der Waals surface area contributed by atoms with E-state index in [1.807, 2.05) is 42.5 Å². The third-order valence-corrected chi connectivity index (χ3v) is 6.53. The molecule has 5 rings (SSSR count). The van der Waals surface area contributed by atoms with Crippen molar-refractivity contribution in [3.05, 3.63) is 65.7 Å². The van der Waals surface area contributed by atoms with Gasteiger partial charge in [-0.15, -0.1) is 0 Å². The zero-order valence-corrected chi connectivity index (χ0v) is 15.8. The molecule has 28 heavy (non-hydrogen) atoms. The van der Waals surface area contributed by atoms with Crippen LogP contribution in [0, 0.1) is 5.41 Å². The van der Waals surface area contributed by atoms with Gasteiger partial charge in [-0.2, -0.15) is 0 Å². The second-order valence-corrected chi connectivity index (χ2v) is 7.75. The molecule has 5 heteroatoms. The van der Waals surface area contributed by atoms with Crippen LogP contribution in [-0.4, -0.2) is 36.0 Å². The second kappa shape index (κ2) is 6.45. The number of benzene rings is 2. The normalized spacial score (nSPS) is 30.9. The zero-order valence-electron chi connectivity index (χ0n) is 15.8. The van der Waals surface area contributed by atoms with E-state index in [1.165, 1.54) is 0 Å². The number of hydrogen-bond donors (Lipinski definition) is 0. The largest absolute Gasteiger partial charge is 0.465 e. The summed E-state index contributed by atoms with van der Waals surface area (Å²) in [6, 6.07) is 17.5. The van der Waals surface area contributed by atoms with Gasteiger partial charge < -0.3 is 9.47 Å². The molecule has 3 heterocycles. The van der Waals surface area contributed by atoms with Crippen LogP contribution in [0.25, 0.3) is 0 Å². The Morgan fingerprint density at radius 2 is 1.93 bits per heavy atom. The van der Waals surface area contributed by atoms with Crippen molar-refractivity contribution in [3.63, 3.8) is 0 Å². The molecule has 5 nitrogen and oxygen atoms in total. The molecule has 0 N–H and O–H groups in total. The van der Waals surface area contributed by atoms with E-state index in [4.69, 9.17) is 9.47 Å². The highest BCUT2D eigenvalue weighted by Crippen LogP contribution is 2.64. The molecular weight excluding hydrogens is 354 g/mol. The molecule has 0 radical (unpaired) electrons. The fraction of sp³-hybridized carbons (Fsp3) is 0.391. The van der Waals surface area contributed by atoms with Crippen LogP contribution in [0.15, 0.2) is 54.6 Å². The number of rotatable bonds is 3. The quantitative estimate of drug-likeness (QED) is 0.466. The number of carbonyl (C=O) groups excluding carboxylic acids is 2. The first-order valence-electron chi connectivity index (χ1n) is 9.98. The van der Waals surface area contributed by atoms with Crippen molar-refractivity contribution in [1.82, 2.24) is 4.90 Å². The van der Waals surface area contributed by atoms with Gasteiger partial charge in [-0.25, -0.2) is 0 Å². The molecule has 0 aromatic heterocycles. The Labute approximate surface area is 164 Å². The summed E-state index contributed by atoms with van der Waals surface area (Å²) in [6.45, 7) is 2.88. The SMILES string of the molecule is CCOC(=O)[C@]12C(=O)Oc3ccccc3[C@H]1[C@H](c1ccccc1)N1CCC[C@H]12. The topological polar surface area (TPSA) is 55.8 Å². The summed E-state index contributed by atoms with van der Waals surface area (Å²) in [5.74, 6) is -0.684. The lowest BCUT2D eigenvalue weighted by molar-refractivity contribution is -0.171. The Morgan fingerprint density at radius 3 is 2.71 bits per heavy atom. The first-order valence-corrected chi connectivity index (χ1v) is 9.98. The molecule has 0 spiro atoms. The van der Waals surface area contributed by atoms with E-state index in [1.54, 1.807) is 6.92 Å². The first-order chi connectivity index (χ1) is 13.7. The maximum absolute atomic E-state index is 13.4. The fourth-order valence-electron chi connectivity index (χ4n) is 5.58. The highest BCUT2D eigenvalue weighted by Gasteiger charge is 2.72. The Morgan fingerprint density at radius 1 is 1.18 bits per heavy atom. The summed E-state index contributed by atoms with van der Waals surface area (Å²) in [5.41, 5.74) is 0.718. The van der Waals surface area contributed by atoms with E-state index in [-0.39, 0.29) is 24.6 Å². The molecule has 3 aliphatic rings. The van der Waals surface area contributed by atoms with Gasteiger partial charge in [-0.3, -0.25) is 14.5 Å². The van der Waals surface area contributed by atoms with Crippen LogP contribution >= 0.6 is 0 Å². The minimum absolute atomic E-state index is 0.0629. The minimum Gasteiger partial charge on any atom is -0.465 e. The lowest BCUT2D eigenvalue weighted by Crippen LogP contribution is -2.55. The monoisotopic (exact) mass is 377 g/mol. The Hall–Kier alpha value is -2.66. The van der Waals surface area contributed by atoms with Crippen LogP contribution in [0.1, 0.15) is 42.9 Å². The standard InChI is InChI=1S/C23H23NO4/c1-2-27-21(25)23-18-13-8-14-24(18)20(15-9-4-3-5-10-15)19(23)16-11-6-7-12-17(16)28-22(23)26/h3-7,9-12,18-20H,2,8,13-14H2,1H3/t18-,19-,20-,23+/m0/s1. The van der Waals surface area contributed by atoms with Gasteiger partial charge in [0, 0.05) is 23.6 Å². The van der Waals surface area contributed by atoms with Crippen molar-refractivity contribution in [2.45, 2.75) is 37.8 Å². The first kappa shape index (κ1) is 17.4. The molecule has 0 bridgehead atoms. The fourth-order valence-corrected chi connectivity index (χ4v) is 5.58. The van der Waals surface area contributed by atoms with Gasteiger partial charge in [0.2, 0.25) is 0 Å². The van der Waals surface area contributed by atoms with Crippen molar-refractivity contribution in [3.8, 4) is 5.75 Å². The van der Waals surface area contributed by atoms with Gasteiger partial charge in [0.05, 0.1) is 6.61 Å².